The highest BCUT2D eigenvalue weighted by Crippen LogP contribution is 2.30. The molecule has 7 heteroatoms. The lowest BCUT2D eigenvalue weighted by molar-refractivity contribution is -0.142. The van der Waals surface area contributed by atoms with Crippen LogP contribution in [0.1, 0.15) is 65.9 Å². The summed E-state index contributed by atoms with van der Waals surface area (Å²) in [6.45, 7) is 3.11. The third-order valence-corrected chi connectivity index (χ3v) is 7.50. The van der Waals surface area contributed by atoms with Gasteiger partial charge in [-0.25, -0.2) is 0 Å². The molecule has 2 amide bonds. The molecule has 0 aliphatic carbocycles. The number of carbonyl (C=O) groups is 3. The number of carboxylic acids is 1. The fraction of sp³-hybridized carbons (Fsp3) is 0.483. The molecule has 2 atom stereocenters. The van der Waals surface area contributed by atoms with Gasteiger partial charge >= 0.3 is 5.97 Å². The van der Waals surface area contributed by atoms with Crippen LogP contribution in [0.2, 0.25) is 0 Å². The van der Waals surface area contributed by atoms with Gasteiger partial charge in [-0.15, -0.1) is 0 Å². The Labute approximate surface area is 213 Å². The van der Waals surface area contributed by atoms with Crippen LogP contribution in [0.3, 0.4) is 0 Å². The summed E-state index contributed by atoms with van der Waals surface area (Å²) in [4.78, 5) is 38.8. The summed E-state index contributed by atoms with van der Waals surface area (Å²) in [5.41, 5.74) is 3.15. The number of hydrogen-bond donors (Lipinski definition) is 3. The average molecular weight is 492 g/mol. The Morgan fingerprint density at radius 2 is 1.75 bits per heavy atom. The average Bonchev–Trinajstić information content (AvgIpc) is 3.18. The van der Waals surface area contributed by atoms with Crippen molar-refractivity contribution >= 4 is 17.8 Å². The van der Waals surface area contributed by atoms with E-state index >= 15 is 0 Å². The van der Waals surface area contributed by atoms with Gasteiger partial charge in [0, 0.05) is 24.7 Å². The lowest BCUT2D eigenvalue weighted by Gasteiger charge is -2.25. The summed E-state index contributed by atoms with van der Waals surface area (Å²) >= 11 is 0. The number of nitrogens with one attached hydrogen (secondary N) is 2. The Bertz CT molecular complexity index is 1020. The van der Waals surface area contributed by atoms with Crippen LogP contribution in [-0.2, 0) is 16.0 Å². The van der Waals surface area contributed by atoms with Gasteiger partial charge in [-0.2, -0.15) is 0 Å². The van der Waals surface area contributed by atoms with Crippen molar-refractivity contribution in [2.45, 2.75) is 56.9 Å². The highest BCUT2D eigenvalue weighted by Gasteiger charge is 2.39. The summed E-state index contributed by atoms with van der Waals surface area (Å²) in [5.74, 6) is -1.07. The molecule has 0 unspecified atom stereocenters. The highest BCUT2D eigenvalue weighted by atomic mass is 16.4. The molecule has 3 N–H and O–H groups in total. The SMILES string of the molecule is O=C(O)C[C@@H]1C[C@@H](CCNC(=O)c2ccc(C3CCNCC3)cc2)N(CCCc2ccccc2)C1=O. The number of hydrogen-bond acceptors (Lipinski definition) is 4. The van der Waals surface area contributed by atoms with Crippen molar-refractivity contribution in [1.29, 1.82) is 0 Å². The quantitative estimate of drug-likeness (QED) is 0.446. The van der Waals surface area contributed by atoms with Crippen LogP contribution in [0.4, 0.5) is 0 Å². The first-order valence-electron chi connectivity index (χ1n) is 13.2. The van der Waals surface area contributed by atoms with E-state index < -0.39 is 11.9 Å². The maximum Gasteiger partial charge on any atom is 0.304 e. The zero-order valence-electron chi connectivity index (χ0n) is 20.8. The van der Waals surface area contributed by atoms with E-state index in [0.717, 1.165) is 38.8 Å². The summed E-state index contributed by atoms with van der Waals surface area (Å²) in [6.07, 6.45) is 4.93. The minimum atomic E-state index is -0.945. The van der Waals surface area contributed by atoms with Crippen molar-refractivity contribution < 1.29 is 19.5 Å². The summed E-state index contributed by atoms with van der Waals surface area (Å²) in [7, 11) is 0. The number of nitrogens with zero attached hydrogens (tertiary/aromatic N) is 1. The van der Waals surface area contributed by atoms with Crippen molar-refractivity contribution in [3.05, 3.63) is 71.3 Å². The van der Waals surface area contributed by atoms with Gasteiger partial charge in [0.1, 0.15) is 0 Å². The topological polar surface area (TPSA) is 98.7 Å². The summed E-state index contributed by atoms with van der Waals surface area (Å²) < 4.78 is 0. The number of carbonyl (C=O) groups excluding carboxylic acids is 2. The van der Waals surface area contributed by atoms with Crippen LogP contribution in [0.15, 0.2) is 54.6 Å². The van der Waals surface area contributed by atoms with Gasteiger partial charge in [-0.05, 0) is 80.8 Å². The maximum atomic E-state index is 12.9. The first kappa shape index (κ1) is 25.9. The Kier molecular flexibility index (Phi) is 9.11. The number of amides is 2. The van der Waals surface area contributed by atoms with E-state index in [1.54, 1.807) is 0 Å². The second kappa shape index (κ2) is 12.7. The molecule has 2 saturated heterocycles. The molecule has 192 valence electrons. The fourth-order valence-corrected chi connectivity index (χ4v) is 5.53. The van der Waals surface area contributed by atoms with Gasteiger partial charge in [0.05, 0.1) is 12.3 Å². The van der Waals surface area contributed by atoms with Crippen molar-refractivity contribution in [3.63, 3.8) is 0 Å². The molecule has 2 aromatic carbocycles. The van der Waals surface area contributed by atoms with Gasteiger partial charge in [0.15, 0.2) is 0 Å². The number of carboxylic acid groups (broad SMARTS) is 1. The highest BCUT2D eigenvalue weighted by molar-refractivity contribution is 5.94. The number of piperidine rings is 1. The Morgan fingerprint density at radius 3 is 2.44 bits per heavy atom. The Balaban J connectivity index is 1.29. The third-order valence-electron chi connectivity index (χ3n) is 7.50. The van der Waals surface area contributed by atoms with Crippen LogP contribution in [0, 0.1) is 5.92 Å². The molecule has 0 bridgehead atoms. The summed E-state index contributed by atoms with van der Waals surface area (Å²) in [6, 6.07) is 18.0. The van der Waals surface area contributed by atoms with Crippen LogP contribution in [0.5, 0.6) is 0 Å². The molecular formula is C29H37N3O4. The molecule has 4 rings (SSSR count). The molecule has 0 aromatic heterocycles. The lowest BCUT2D eigenvalue weighted by Crippen LogP contribution is -2.37. The van der Waals surface area contributed by atoms with E-state index in [4.69, 9.17) is 0 Å². The largest absolute Gasteiger partial charge is 0.481 e. The molecule has 2 heterocycles. The molecule has 2 aliphatic heterocycles. The standard InChI is InChI=1S/C29H37N3O4/c33-27(34)20-25-19-26(32(29(25)36)18-4-7-21-5-2-1-3-6-21)14-17-31-28(35)24-10-8-22(9-11-24)23-12-15-30-16-13-23/h1-3,5-6,8-11,23,25-26,30H,4,7,12-20H2,(H,31,35)(H,33,34)/t25-,26+/m0/s1. The van der Waals surface area contributed by atoms with Gasteiger partial charge in [0.25, 0.3) is 5.91 Å². The molecule has 2 fully saturated rings. The predicted octanol–water partition coefficient (Wildman–Crippen LogP) is 3.60. The van der Waals surface area contributed by atoms with Gasteiger partial charge in [-0.3, -0.25) is 14.4 Å². The Hall–Kier alpha value is -3.19. The molecule has 0 spiro atoms. The fourth-order valence-electron chi connectivity index (χ4n) is 5.53. The van der Waals surface area contributed by atoms with Crippen LogP contribution < -0.4 is 10.6 Å². The van der Waals surface area contributed by atoms with E-state index in [-0.39, 0.29) is 24.3 Å². The molecule has 7 nitrogen and oxygen atoms in total. The van der Waals surface area contributed by atoms with Gasteiger partial charge < -0.3 is 20.6 Å². The number of rotatable bonds is 11. The molecule has 2 aromatic rings. The summed E-state index contributed by atoms with van der Waals surface area (Å²) in [5, 5.41) is 15.6. The van der Waals surface area contributed by atoms with Crippen LogP contribution in [0.25, 0.3) is 0 Å². The third kappa shape index (κ3) is 6.94. The van der Waals surface area contributed by atoms with Crippen molar-refractivity contribution in [2.75, 3.05) is 26.2 Å². The maximum absolute atomic E-state index is 12.9. The number of aliphatic carboxylic acids is 1. The minimum absolute atomic E-state index is 0.0554. The smallest absolute Gasteiger partial charge is 0.304 e. The zero-order chi connectivity index (χ0) is 25.3. The Morgan fingerprint density at radius 1 is 1.03 bits per heavy atom. The number of likely N-dealkylation sites (tertiary alicyclic amines) is 1. The molecule has 0 saturated carbocycles. The monoisotopic (exact) mass is 491 g/mol. The van der Waals surface area contributed by atoms with Crippen LogP contribution >= 0.6 is 0 Å². The van der Waals surface area contributed by atoms with Crippen molar-refractivity contribution in [2.24, 2.45) is 5.92 Å². The van der Waals surface area contributed by atoms with E-state index in [9.17, 15) is 19.5 Å². The van der Waals surface area contributed by atoms with Crippen molar-refractivity contribution in [3.8, 4) is 0 Å². The molecule has 2 aliphatic rings. The van der Waals surface area contributed by atoms with E-state index in [1.165, 1.54) is 11.1 Å². The van der Waals surface area contributed by atoms with E-state index in [1.807, 2.05) is 35.2 Å². The van der Waals surface area contributed by atoms with E-state index in [2.05, 4.69) is 34.9 Å². The second-order valence-corrected chi connectivity index (χ2v) is 10.00. The van der Waals surface area contributed by atoms with Crippen LogP contribution in [-0.4, -0.2) is 60.0 Å². The first-order chi connectivity index (χ1) is 17.5. The molecular weight excluding hydrogens is 454 g/mol. The van der Waals surface area contributed by atoms with Gasteiger partial charge in [-0.1, -0.05) is 42.5 Å². The molecule has 0 radical (unpaired) electrons. The zero-order valence-corrected chi connectivity index (χ0v) is 20.8. The normalized spacial score (nSPS) is 20.4. The first-order valence-corrected chi connectivity index (χ1v) is 13.2. The van der Waals surface area contributed by atoms with Gasteiger partial charge in [0.2, 0.25) is 5.91 Å². The minimum Gasteiger partial charge on any atom is -0.481 e. The lowest BCUT2D eigenvalue weighted by atomic mass is 9.90. The van der Waals surface area contributed by atoms with E-state index in [0.29, 0.717) is 37.4 Å². The number of benzene rings is 2. The predicted molar refractivity (Wildman–Crippen MR) is 139 cm³/mol. The second-order valence-electron chi connectivity index (χ2n) is 10.00. The molecule has 36 heavy (non-hydrogen) atoms. The number of aryl methyl sites for hydroxylation is 1. The van der Waals surface area contributed by atoms with Crippen molar-refractivity contribution in [1.82, 2.24) is 15.5 Å².